The average Bonchev–Trinajstić information content (AvgIpc) is 2.67. The molecule has 1 aliphatic rings. The molecule has 0 aliphatic heterocycles. The lowest BCUT2D eigenvalue weighted by molar-refractivity contribution is 0.132. The molecule has 2 N–H and O–H groups in total. The normalized spacial score (nSPS) is 20.0. The molecule has 25 heavy (non-hydrogen) atoms. The highest BCUT2D eigenvalue weighted by Crippen LogP contribution is 2.19. The Bertz CT molecular complexity index is 641. The van der Waals surface area contributed by atoms with Gasteiger partial charge >= 0.3 is 6.09 Å². The third-order valence-corrected chi connectivity index (χ3v) is 4.58. The Hall–Kier alpha value is -2.40. The van der Waals surface area contributed by atoms with Gasteiger partial charge in [0.1, 0.15) is 6.61 Å². The van der Waals surface area contributed by atoms with Crippen LogP contribution < -0.4 is 10.6 Å². The topological polar surface area (TPSA) is 63.2 Å². The summed E-state index contributed by atoms with van der Waals surface area (Å²) in [6, 6.07) is 14.5. The summed E-state index contributed by atoms with van der Waals surface area (Å²) in [6.45, 7) is 1.16. The lowest BCUT2D eigenvalue weighted by Crippen LogP contribution is -2.42. The van der Waals surface area contributed by atoms with Gasteiger partial charge in [0.05, 0.1) is 0 Å². The SMILES string of the molecule is O=C(NC1CCC(NCc2cccnc2)CC1)OCc1ccccc1. The zero-order valence-corrected chi connectivity index (χ0v) is 14.4. The van der Waals surface area contributed by atoms with Crippen LogP contribution in [0.15, 0.2) is 54.9 Å². The van der Waals surface area contributed by atoms with E-state index in [1.54, 1.807) is 6.20 Å². The highest BCUT2D eigenvalue weighted by Gasteiger charge is 2.22. The molecule has 132 valence electrons. The zero-order valence-electron chi connectivity index (χ0n) is 14.4. The van der Waals surface area contributed by atoms with Crippen molar-refractivity contribution in [3.05, 3.63) is 66.0 Å². The van der Waals surface area contributed by atoms with Crippen LogP contribution in [-0.2, 0) is 17.9 Å². The molecule has 0 radical (unpaired) electrons. The Morgan fingerprint density at radius 1 is 1.00 bits per heavy atom. The fourth-order valence-electron chi connectivity index (χ4n) is 3.14. The van der Waals surface area contributed by atoms with E-state index in [1.807, 2.05) is 42.6 Å². The molecule has 3 rings (SSSR count). The fraction of sp³-hybridized carbons (Fsp3) is 0.400. The zero-order chi connectivity index (χ0) is 17.3. The van der Waals surface area contributed by atoms with Gasteiger partial charge in [-0.1, -0.05) is 36.4 Å². The summed E-state index contributed by atoms with van der Waals surface area (Å²) in [4.78, 5) is 16.1. The first-order valence-corrected chi connectivity index (χ1v) is 8.89. The number of alkyl carbamates (subject to hydrolysis) is 1. The Kier molecular flexibility index (Phi) is 6.40. The van der Waals surface area contributed by atoms with Crippen LogP contribution in [0, 0.1) is 0 Å². The maximum atomic E-state index is 11.9. The fourth-order valence-corrected chi connectivity index (χ4v) is 3.14. The summed E-state index contributed by atoms with van der Waals surface area (Å²) in [7, 11) is 0. The first kappa shape index (κ1) is 17.4. The van der Waals surface area contributed by atoms with Crippen molar-refractivity contribution in [2.75, 3.05) is 0 Å². The van der Waals surface area contributed by atoms with E-state index in [4.69, 9.17) is 4.74 Å². The maximum absolute atomic E-state index is 11.9. The maximum Gasteiger partial charge on any atom is 0.407 e. The first-order chi connectivity index (χ1) is 12.3. The standard InChI is InChI=1S/C20H25N3O2/c24-20(25-15-16-5-2-1-3-6-16)23-19-10-8-18(9-11-19)22-14-17-7-4-12-21-13-17/h1-7,12-13,18-19,22H,8-11,14-15H2,(H,23,24). The molecule has 1 aliphatic carbocycles. The Morgan fingerprint density at radius 2 is 1.72 bits per heavy atom. The molecule has 0 saturated heterocycles. The molecule has 1 saturated carbocycles. The minimum Gasteiger partial charge on any atom is -0.445 e. The molecule has 1 fully saturated rings. The van der Waals surface area contributed by atoms with Crippen molar-refractivity contribution in [2.45, 2.75) is 50.9 Å². The smallest absolute Gasteiger partial charge is 0.407 e. The van der Waals surface area contributed by atoms with Gasteiger partial charge in [-0.25, -0.2) is 4.79 Å². The number of hydrogen-bond donors (Lipinski definition) is 2. The molecular formula is C20H25N3O2. The molecule has 0 atom stereocenters. The highest BCUT2D eigenvalue weighted by atomic mass is 16.5. The number of pyridine rings is 1. The summed E-state index contributed by atoms with van der Waals surface area (Å²) >= 11 is 0. The van der Waals surface area contributed by atoms with E-state index in [0.29, 0.717) is 12.6 Å². The van der Waals surface area contributed by atoms with Gasteiger partial charge in [0.25, 0.3) is 0 Å². The highest BCUT2D eigenvalue weighted by molar-refractivity contribution is 5.67. The molecule has 5 nitrogen and oxygen atoms in total. The van der Waals surface area contributed by atoms with Gasteiger partial charge in [0, 0.05) is 31.0 Å². The lowest BCUT2D eigenvalue weighted by Gasteiger charge is -2.29. The Labute approximate surface area is 148 Å². The number of carbonyl (C=O) groups is 1. The molecule has 1 amide bonds. The van der Waals surface area contributed by atoms with Crippen molar-refractivity contribution >= 4 is 6.09 Å². The van der Waals surface area contributed by atoms with Crippen molar-refractivity contribution < 1.29 is 9.53 Å². The largest absolute Gasteiger partial charge is 0.445 e. The Morgan fingerprint density at radius 3 is 2.44 bits per heavy atom. The molecule has 2 aromatic rings. The van der Waals surface area contributed by atoms with Gasteiger partial charge in [0.2, 0.25) is 0 Å². The summed E-state index contributed by atoms with van der Waals surface area (Å²) in [5.41, 5.74) is 2.20. The van der Waals surface area contributed by atoms with Crippen molar-refractivity contribution in [3.8, 4) is 0 Å². The van der Waals surface area contributed by atoms with E-state index >= 15 is 0 Å². The van der Waals surface area contributed by atoms with E-state index in [1.165, 1.54) is 5.56 Å². The molecule has 0 bridgehead atoms. The van der Waals surface area contributed by atoms with Crippen molar-refractivity contribution in [1.82, 2.24) is 15.6 Å². The number of aromatic nitrogens is 1. The number of ether oxygens (including phenoxy) is 1. The van der Waals surface area contributed by atoms with Gasteiger partial charge in [-0.2, -0.15) is 0 Å². The average molecular weight is 339 g/mol. The van der Waals surface area contributed by atoms with Gasteiger partial charge in [-0.05, 0) is 42.9 Å². The number of hydrogen-bond acceptors (Lipinski definition) is 4. The van der Waals surface area contributed by atoms with Crippen molar-refractivity contribution in [2.24, 2.45) is 0 Å². The predicted molar refractivity (Wildman–Crippen MR) is 96.9 cm³/mol. The molecule has 5 heteroatoms. The van der Waals surface area contributed by atoms with Crippen LogP contribution in [0.25, 0.3) is 0 Å². The summed E-state index contributed by atoms with van der Waals surface area (Å²) in [6.07, 6.45) is 7.43. The van der Waals surface area contributed by atoms with Crippen LogP contribution in [0.4, 0.5) is 4.79 Å². The molecule has 0 unspecified atom stereocenters. The minimum atomic E-state index is -0.323. The first-order valence-electron chi connectivity index (χ1n) is 8.89. The minimum absolute atomic E-state index is 0.208. The lowest BCUT2D eigenvalue weighted by atomic mass is 9.91. The summed E-state index contributed by atoms with van der Waals surface area (Å²) < 4.78 is 5.29. The quantitative estimate of drug-likeness (QED) is 0.846. The van der Waals surface area contributed by atoms with E-state index < -0.39 is 0 Å². The molecular weight excluding hydrogens is 314 g/mol. The molecule has 1 aromatic carbocycles. The number of nitrogens with zero attached hydrogens (tertiary/aromatic N) is 1. The van der Waals surface area contributed by atoms with Crippen LogP contribution in [0.3, 0.4) is 0 Å². The van der Waals surface area contributed by atoms with E-state index in [0.717, 1.165) is 37.8 Å². The number of rotatable bonds is 6. The van der Waals surface area contributed by atoms with E-state index in [9.17, 15) is 4.79 Å². The van der Waals surface area contributed by atoms with Crippen LogP contribution in [0.5, 0.6) is 0 Å². The molecule has 0 spiro atoms. The van der Waals surface area contributed by atoms with Gasteiger partial charge in [-0.3, -0.25) is 4.98 Å². The van der Waals surface area contributed by atoms with Crippen LogP contribution in [0.1, 0.15) is 36.8 Å². The number of nitrogens with one attached hydrogen (secondary N) is 2. The summed E-state index contributed by atoms with van der Waals surface area (Å²) in [5.74, 6) is 0. The van der Waals surface area contributed by atoms with Gasteiger partial charge < -0.3 is 15.4 Å². The van der Waals surface area contributed by atoms with Crippen LogP contribution >= 0.6 is 0 Å². The van der Waals surface area contributed by atoms with Crippen LogP contribution in [-0.4, -0.2) is 23.2 Å². The number of amides is 1. The van der Waals surface area contributed by atoms with Crippen molar-refractivity contribution in [3.63, 3.8) is 0 Å². The second-order valence-corrected chi connectivity index (χ2v) is 6.50. The van der Waals surface area contributed by atoms with Crippen LogP contribution in [0.2, 0.25) is 0 Å². The molecule has 1 aromatic heterocycles. The Balaban J connectivity index is 1.32. The van der Waals surface area contributed by atoms with E-state index in [-0.39, 0.29) is 12.1 Å². The second-order valence-electron chi connectivity index (χ2n) is 6.50. The van der Waals surface area contributed by atoms with Gasteiger partial charge in [-0.15, -0.1) is 0 Å². The van der Waals surface area contributed by atoms with E-state index in [2.05, 4.69) is 21.7 Å². The van der Waals surface area contributed by atoms with Gasteiger partial charge in [0.15, 0.2) is 0 Å². The number of carbonyl (C=O) groups excluding carboxylic acids is 1. The second kappa shape index (κ2) is 9.18. The molecule has 1 heterocycles. The third kappa shape index (κ3) is 5.87. The number of benzene rings is 1. The summed E-state index contributed by atoms with van der Waals surface area (Å²) in [5, 5.41) is 6.56. The monoisotopic (exact) mass is 339 g/mol. The third-order valence-electron chi connectivity index (χ3n) is 4.58. The predicted octanol–water partition coefficient (Wildman–Crippen LogP) is 3.41. The van der Waals surface area contributed by atoms with Crippen molar-refractivity contribution in [1.29, 1.82) is 0 Å².